The van der Waals surface area contributed by atoms with Crippen LogP contribution in [0.3, 0.4) is 0 Å². The van der Waals surface area contributed by atoms with Gasteiger partial charge >= 0.3 is 19.4 Å². The number of halogens is 2. The van der Waals surface area contributed by atoms with E-state index < -0.39 is 19.4 Å². The van der Waals surface area contributed by atoms with Gasteiger partial charge in [-0.1, -0.05) is 0 Å². The van der Waals surface area contributed by atoms with Gasteiger partial charge in [0.25, 0.3) is 0 Å². The van der Waals surface area contributed by atoms with E-state index in [4.69, 9.17) is 24.7 Å². The topological polar surface area (TPSA) is 94.8 Å². The molecular weight excluding hydrogens is 160 g/mol. The number of hydrogen-bond donors (Lipinski definition) is 3. The largest absolute Gasteiger partial charge is 0.631 e. The van der Waals surface area contributed by atoms with Crippen LogP contribution in [0.1, 0.15) is 0 Å². The van der Waals surface area contributed by atoms with Crippen molar-refractivity contribution < 1.29 is 33.4 Å². The fraction of sp³-hybridized carbons (Fsp3) is 0. The molecule has 0 aliphatic rings. The Morgan fingerprint density at radius 2 is 1.09 bits per heavy atom. The molecule has 0 aromatic heterocycles. The maximum Gasteiger partial charge on any atom is 0.631 e. The summed E-state index contributed by atoms with van der Waals surface area (Å²) in [5.74, 6) is 0. The molecule has 0 heterocycles. The van der Waals surface area contributed by atoms with Crippen LogP contribution >= 0.6 is 0 Å². The van der Waals surface area contributed by atoms with Gasteiger partial charge in [-0.3, -0.25) is 0 Å². The average Bonchev–Trinajstić information content (AvgIpc) is 1.63. The van der Waals surface area contributed by atoms with E-state index in [-0.39, 0.29) is 18.9 Å². The summed E-state index contributed by atoms with van der Waals surface area (Å²) in [6.07, 6.45) is 0. The summed E-state index contributed by atoms with van der Waals surface area (Å²) < 4.78 is 20.9. The predicted octanol–water partition coefficient (Wildman–Crippen LogP) is -2.45. The molecule has 0 saturated heterocycles. The molecule has 5 nitrogen and oxygen atoms in total. The molecule has 0 aromatic carbocycles. The van der Waals surface area contributed by atoms with Crippen LogP contribution in [0.2, 0.25) is 0 Å². The molecule has 0 atom stereocenters. The standard InChI is InChI=1S/C2F2O2.BH3O3.Li/c3-1(5)2(4)6;2-1(3)4;/h;2-4H;. The van der Waals surface area contributed by atoms with Gasteiger partial charge in [0.2, 0.25) is 0 Å². The monoisotopic (exact) mass is 163 g/mol. The van der Waals surface area contributed by atoms with Gasteiger partial charge in [0.05, 0.1) is 0 Å². The van der Waals surface area contributed by atoms with E-state index in [2.05, 4.69) is 0 Å². The summed E-state index contributed by atoms with van der Waals surface area (Å²) in [4.78, 5) is 17.5. The Morgan fingerprint density at radius 1 is 1.00 bits per heavy atom. The zero-order chi connectivity index (χ0) is 8.73. The minimum Gasteiger partial charge on any atom is -0.402 e. The van der Waals surface area contributed by atoms with Gasteiger partial charge in [-0.05, 0) is 0 Å². The fourth-order valence-electron chi connectivity index (χ4n) is 0. The first kappa shape index (κ1) is 17.0. The molecule has 0 unspecified atom stereocenters. The third kappa shape index (κ3) is 41.7. The summed E-state index contributed by atoms with van der Waals surface area (Å²) >= 11 is 0. The summed E-state index contributed by atoms with van der Waals surface area (Å²) in [5, 5.41) is 21.5. The molecule has 0 aliphatic carbocycles. The first-order valence-electron chi connectivity index (χ1n) is 1.81. The zero-order valence-corrected chi connectivity index (χ0v) is 5.49. The average molecular weight is 163 g/mol. The van der Waals surface area contributed by atoms with Crippen LogP contribution in [0.25, 0.3) is 0 Å². The molecule has 59 valence electrons. The minimum absolute atomic E-state index is 0. The SMILES string of the molecule is O=C(F)C(=O)F.OB(O)O.[Li]. The van der Waals surface area contributed by atoms with Gasteiger partial charge in [0.1, 0.15) is 0 Å². The van der Waals surface area contributed by atoms with Gasteiger partial charge < -0.3 is 15.1 Å². The third-order valence-electron chi connectivity index (χ3n) is 0.155. The Kier molecular flexibility index (Phi) is 15.1. The van der Waals surface area contributed by atoms with Crippen molar-refractivity contribution in [1.82, 2.24) is 0 Å². The molecule has 9 heteroatoms. The van der Waals surface area contributed by atoms with E-state index in [1.807, 2.05) is 0 Å². The van der Waals surface area contributed by atoms with Crippen LogP contribution in [0.4, 0.5) is 8.78 Å². The smallest absolute Gasteiger partial charge is 0.402 e. The van der Waals surface area contributed by atoms with Crippen LogP contribution in [0, 0.1) is 0 Å². The fourth-order valence-corrected chi connectivity index (χ4v) is 0. The van der Waals surface area contributed by atoms with Gasteiger partial charge in [-0.15, -0.1) is 0 Å². The Morgan fingerprint density at radius 3 is 1.09 bits per heavy atom. The van der Waals surface area contributed by atoms with E-state index in [9.17, 15) is 8.78 Å². The molecule has 0 fully saturated rings. The summed E-state index contributed by atoms with van der Waals surface area (Å²) in [6.45, 7) is 0. The number of hydrogen-bond acceptors (Lipinski definition) is 5. The maximum atomic E-state index is 10.5. The molecule has 0 amide bonds. The predicted molar refractivity (Wildman–Crippen MR) is 30.4 cm³/mol. The molecule has 11 heavy (non-hydrogen) atoms. The molecule has 3 N–H and O–H groups in total. The molecule has 0 rings (SSSR count). The molecule has 0 aromatic rings. The maximum absolute atomic E-state index is 10.5. The van der Waals surface area contributed by atoms with Crippen molar-refractivity contribution in [3.8, 4) is 0 Å². The van der Waals surface area contributed by atoms with Gasteiger partial charge in [0, 0.05) is 18.9 Å². The minimum atomic E-state index is -2.55. The van der Waals surface area contributed by atoms with Crippen molar-refractivity contribution >= 4 is 38.3 Å². The Balaban J connectivity index is -0.000000114. The normalized spacial score (nSPS) is 6.64. The van der Waals surface area contributed by atoms with Crippen LogP contribution < -0.4 is 0 Å². The quantitative estimate of drug-likeness (QED) is 0.226. The molecule has 1 radical (unpaired) electrons. The summed E-state index contributed by atoms with van der Waals surface area (Å²) in [7, 11) is -2.17. The second-order valence-corrected chi connectivity index (χ2v) is 0.894. The molecule has 0 spiro atoms. The second kappa shape index (κ2) is 9.74. The van der Waals surface area contributed by atoms with E-state index in [1.54, 1.807) is 0 Å². The zero-order valence-electron chi connectivity index (χ0n) is 5.49. The van der Waals surface area contributed by atoms with Crippen molar-refractivity contribution in [2.75, 3.05) is 0 Å². The Bertz CT molecular complexity index is 115. The van der Waals surface area contributed by atoms with Gasteiger partial charge in [-0.2, -0.15) is 8.78 Å². The molecule has 0 saturated carbocycles. The van der Waals surface area contributed by atoms with Gasteiger partial charge in [0.15, 0.2) is 0 Å². The summed E-state index contributed by atoms with van der Waals surface area (Å²) in [6, 6.07) is -5.09. The Labute approximate surface area is 72.4 Å². The van der Waals surface area contributed by atoms with Crippen LogP contribution in [0.15, 0.2) is 0 Å². The van der Waals surface area contributed by atoms with Crippen LogP contribution in [0.5, 0.6) is 0 Å². The van der Waals surface area contributed by atoms with Crippen LogP contribution in [-0.2, 0) is 9.59 Å². The van der Waals surface area contributed by atoms with Crippen molar-refractivity contribution in [2.24, 2.45) is 0 Å². The molecule has 0 aliphatic heterocycles. The molecular formula is C2H3BF2LiO5. The van der Waals surface area contributed by atoms with Crippen LogP contribution in [-0.4, -0.2) is 53.3 Å². The van der Waals surface area contributed by atoms with Crippen molar-refractivity contribution in [2.45, 2.75) is 0 Å². The van der Waals surface area contributed by atoms with E-state index >= 15 is 0 Å². The summed E-state index contributed by atoms with van der Waals surface area (Å²) in [5.41, 5.74) is 0. The number of carbonyl (C=O) groups excluding carboxylic acids is 2. The van der Waals surface area contributed by atoms with Crippen molar-refractivity contribution in [3.05, 3.63) is 0 Å². The van der Waals surface area contributed by atoms with Crippen molar-refractivity contribution in [3.63, 3.8) is 0 Å². The van der Waals surface area contributed by atoms with Gasteiger partial charge in [-0.25, -0.2) is 9.59 Å². The Hall–Kier alpha value is -0.258. The van der Waals surface area contributed by atoms with E-state index in [0.29, 0.717) is 0 Å². The second-order valence-electron chi connectivity index (χ2n) is 0.894. The number of rotatable bonds is 1. The van der Waals surface area contributed by atoms with E-state index in [0.717, 1.165) is 0 Å². The molecule has 0 bridgehead atoms. The first-order chi connectivity index (χ1) is 4.37. The number of carbonyl (C=O) groups is 2. The van der Waals surface area contributed by atoms with E-state index in [1.165, 1.54) is 0 Å². The third-order valence-corrected chi connectivity index (χ3v) is 0.155. The van der Waals surface area contributed by atoms with Crippen molar-refractivity contribution in [1.29, 1.82) is 0 Å². The first-order valence-corrected chi connectivity index (χ1v) is 1.81.